The molecule has 1 heterocycles. The van der Waals surface area contributed by atoms with E-state index in [1.165, 1.54) is 19.3 Å². The fourth-order valence-electron chi connectivity index (χ4n) is 6.12. The standard InChI is InChI=1S/C21H28N2O4/c24-17(16-1-2-18-19(8-16)27-4-3-26-18)12-22-20(25)23-21-9-13-5-14(10-21)7-15(6-13)11-21/h1-2,8,13-15,17,24H,3-7,9-12H2,(H2,22,23,25). The van der Waals surface area contributed by atoms with E-state index in [1.54, 1.807) is 6.07 Å². The highest BCUT2D eigenvalue weighted by Crippen LogP contribution is 2.55. The van der Waals surface area contributed by atoms with Crippen molar-refractivity contribution in [3.8, 4) is 11.5 Å². The summed E-state index contributed by atoms with van der Waals surface area (Å²) < 4.78 is 11.1. The zero-order valence-corrected chi connectivity index (χ0v) is 15.6. The summed E-state index contributed by atoms with van der Waals surface area (Å²) in [4.78, 5) is 12.5. The Morgan fingerprint density at radius 3 is 2.37 bits per heavy atom. The first-order chi connectivity index (χ1) is 13.1. The van der Waals surface area contributed by atoms with Crippen LogP contribution in [-0.4, -0.2) is 36.4 Å². The number of carbonyl (C=O) groups excluding carboxylic acids is 1. The number of hydrogen-bond donors (Lipinski definition) is 3. The molecule has 2 amide bonds. The van der Waals surface area contributed by atoms with Gasteiger partial charge in [0.2, 0.25) is 0 Å². The van der Waals surface area contributed by atoms with Crippen molar-refractivity contribution in [1.82, 2.24) is 10.6 Å². The fraction of sp³-hybridized carbons (Fsp3) is 0.667. The summed E-state index contributed by atoms with van der Waals surface area (Å²) in [5, 5.41) is 16.6. The van der Waals surface area contributed by atoms with Crippen molar-refractivity contribution in [3.63, 3.8) is 0 Å². The van der Waals surface area contributed by atoms with Gasteiger partial charge in [-0.15, -0.1) is 0 Å². The number of aliphatic hydroxyl groups excluding tert-OH is 1. The second-order valence-corrected chi connectivity index (χ2v) is 8.95. The minimum Gasteiger partial charge on any atom is -0.486 e. The molecule has 1 aromatic carbocycles. The maximum atomic E-state index is 12.5. The van der Waals surface area contributed by atoms with Crippen molar-refractivity contribution in [2.75, 3.05) is 19.8 Å². The van der Waals surface area contributed by atoms with Gasteiger partial charge in [0.1, 0.15) is 13.2 Å². The van der Waals surface area contributed by atoms with Crippen LogP contribution in [0, 0.1) is 17.8 Å². The van der Waals surface area contributed by atoms with Crippen molar-refractivity contribution >= 4 is 6.03 Å². The van der Waals surface area contributed by atoms with Crippen LogP contribution in [0.2, 0.25) is 0 Å². The molecule has 0 aromatic heterocycles. The van der Waals surface area contributed by atoms with E-state index in [9.17, 15) is 9.90 Å². The van der Waals surface area contributed by atoms with E-state index < -0.39 is 6.10 Å². The average Bonchev–Trinajstić information content (AvgIpc) is 2.64. The molecule has 3 N–H and O–H groups in total. The zero-order valence-electron chi connectivity index (χ0n) is 15.6. The number of urea groups is 1. The van der Waals surface area contributed by atoms with Crippen molar-refractivity contribution in [1.29, 1.82) is 0 Å². The highest BCUT2D eigenvalue weighted by atomic mass is 16.6. The fourth-order valence-corrected chi connectivity index (χ4v) is 6.12. The van der Waals surface area contributed by atoms with Crippen LogP contribution in [0.25, 0.3) is 0 Å². The Hall–Kier alpha value is -1.95. The lowest BCUT2D eigenvalue weighted by Gasteiger charge is -2.56. The third-order valence-corrected chi connectivity index (χ3v) is 6.82. The van der Waals surface area contributed by atoms with Crippen molar-refractivity contribution in [2.24, 2.45) is 17.8 Å². The van der Waals surface area contributed by atoms with E-state index in [2.05, 4.69) is 10.6 Å². The molecule has 0 saturated heterocycles. The first kappa shape index (κ1) is 17.2. The summed E-state index contributed by atoms with van der Waals surface area (Å²) in [6.07, 6.45) is 6.65. The Morgan fingerprint density at radius 2 is 1.70 bits per heavy atom. The van der Waals surface area contributed by atoms with Crippen molar-refractivity contribution in [3.05, 3.63) is 23.8 Å². The molecule has 1 aromatic rings. The minimum absolute atomic E-state index is 0.0131. The number of rotatable bonds is 4. The van der Waals surface area contributed by atoms with Gasteiger partial charge in [-0.05, 0) is 74.0 Å². The maximum absolute atomic E-state index is 12.5. The Balaban J connectivity index is 1.17. The lowest BCUT2D eigenvalue weighted by molar-refractivity contribution is -0.0136. The first-order valence-electron chi connectivity index (χ1n) is 10.2. The third-order valence-electron chi connectivity index (χ3n) is 6.82. The Morgan fingerprint density at radius 1 is 1.07 bits per heavy atom. The van der Waals surface area contributed by atoms with Gasteiger partial charge in [0.15, 0.2) is 11.5 Å². The van der Waals surface area contributed by atoms with E-state index >= 15 is 0 Å². The molecule has 4 bridgehead atoms. The van der Waals surface area contributed by atoms with Gasteiger partial charge in [0, 0.05) is 12.1 Å². The number of amides is 2. The molecule has 4 saturated carbocycles. The quantitative estimate of drug-likeness (QED) is 0.759. The summed E-state index contributed by atoms with van der Waals surface area (Å²) in [5.41, 5.74) is 0.704. The summed E-state index contributed by atoms with van der Waals surface area (Å²) in [7, 11) is 0. The Kier molecular flexibility index (Phi) is 4.19. The van der Waals surface area contributed by atoms with Crippen LogP contribution in [0.15, 0.2) is 18.2 Å². The van der Waals surface area contributed by atoms with Crippen LogP contribution < -0.4 is 20.1 Å². The molecule has 6 nitrogen and oxygen atoms in total. The van der Waals surface area contributed by atoms with Gasteiger partial charge in [-0.3, -0.25) is 0 Å². The molecule has 6 rings (SSSR count). The molecule has 1 atom stereocenters. The normalized spacial score (nSPS) is 34.2. The summed E-state index contributed by atoms with van der Waals surface area (Å²) >= 11 is 0. The largest absolute Gasteiger partial charge is 0.486 e. The van der Waals surface area contributed by atoms with Crippen LogP contribution in [0.4, 0.5) is 4.79 Å². The van der Waals surface area contributed by atoms with Gasteiger partial charge in [-0.2, -0.15) is 0 Å². The Labute approximate surface area is 159 Å². The van der Waals surface area contributed by atoms with E-state index in [1.807, 2.05) is 12.1 Å². The van der Waals surface area contributed by atoms with Gasteiger partial charge in [-0.25, -0.2) is 4.79 Å². The highest BCUT2D eigenvalue weighted by Gasteiger charge is 2.51. The molecule has 1 aliphatic heterocycles. The van der Waals surface area contributed by atoms with Crippen molar-refractivity contribution < 1.29 is 19.4 Å². The Bertz CT molecular complexity index is 700. The first-order valence-corrected chi connectivity index (χ1v) is 10.2. The molecule has 0 radical (unpaired) electrons. The molecule has 0 spiro atoms. The van der Waals surface area contributed by atoms with Crippen LogP contribution in [-0.2, 0) is 0 Å². The molecule has 27 heavy (non-hydrogen) atoms. The molecule has 146 valence electrons. The summed E-state index contributed by atoms with van der Waals surface area (Å²) in [5.74, 6) is 3.72. The molecule has 6 heteroatoms. The molecular weight excluding hydrogens is 344 g/mol. The van der Waals surface area contributed by atoms with E-state index in [0.717, 1.165) is 37.0 Å². The number of nitrogens with one attached hydrogen (secondary N) is 2. The van der Waals surface area contributed by atoms with Gasteiger partial charge in [0.25, 0.3) is 0 Å². The maximum Gasteiger partial charge on any atom is 0.315 e. The van der Waals surface area contributed by atoms with Gasteiger partial charge in [0.05, 0.1) is 6.10 Å². The van der Waals surface area contributed by atoms with E-state index in [-0.39, 0.29) is 18.1 Å². The third kappa shape index (κ3) is 3.35. The van der Waals surface area contributed by atoms with Crippen LogP contribution in [0.1, 0.15) is 50.2 Å². The molecular formula is C21H28N2O4. The SMILES string of the molecule is O=C(NCC(O)c1ccc2c(c1)OCCO2)NC12CC3CC(CC(C3)C1)C2. The van der Waals surface area contributed by atoms with E-state index in [0.29, 0.717) is 30.3 Å². The van der Waals surface area contributed by atoms with Crippen LogP contribution in [0.3, 0.4) is 0 Å². The average molecular weight is 372 g/mol. The van der Waals surface area contributed by atoms with Gasteiger partial charge in [-0.1, -0.05) is 6.07 Å². The minimum atomic E-state index is -0.775. The monoisotopic (exact) mass is 372 g/mol. The number of fused-ring (bicyclic) bond motifs is 1. The lowest BCUT2D eigenvalue weighted by atomic mass is 9.53. The van der Waals surface area contributed by atoms with E-state index in [4.69, 9.17) is 9.47 Å². The number of hydrogen-bond acceptors (Lipinski definition) is 4. The van der Waals surface area contributed by atoms with Gasteiger partial charge >= 0.3 is 6.03 Å². The predicted octanol–water partition coefficient (Wildman–Crippen LogP) is 2.76. The predicted molar refractivity (Wildman–Crippen MR) is 99.8 cm³/mol. The zero-order chi connectivity index (χ0) is 18.4. The molecule has 4 aliphatic carbocycles. The molecule has 1 unspecified atom stereocenters. The molecule has 4 fully saturated rings. The number of carbonyl (C=O) groups is 1. The van der Waals surface area contributed by atoms with Gasteiger partial charge < -0.3 is 25.2 Å². The van der Waals surface area contributed by atoms with Crippen LogP contribution >= 0.6 is 0 Å². The van der Waals surface area contributed by atoms with Crippen molar-refractivity contribution in [2.45, 2.75) is 50.2 Å². The topological polar surface area (TPSA) is 79.8 Å². The second kappa shape index (κ2) is 6.59. The second-order valence-electron chi connectivity index (χ2n) is 8.95. The number of ether oxygens (including phenoxy) is 2. The number of benzene rings is 1. The summed E-state index contributed by atoms with van der Waals surface area (Å²) in [6, 6.07) is 5.26. The highest BCUT2D eigenvalue weighted by molar-refractivity contribution is 5.75. The van der Waals surface area contributed by atoms with Crippen LogP contribution in [0.5, 0.6) is 11.5 Å². The smallest absolute Gasteiger partial charge is 0.315 e. The summed E-state index contributed by atoms with van der Waals surface area (Å²) in [6.45, 7) is 1.23. The lowest BCUT2D eigenvalue weighted by Crippen LogP contribution is -2.61. The molecule has 5 aliphatic rings. The number of aliphatic hydroxyl groups is 1.